The molecule has 0 atom stereocenters. The van der Waals surface area contributed by atoms with Crippen LogP contribution in [0.4, 0.5) is 0 Å². The smallest absolute Gasteiger partial charge is 0.267 e. The minimum atomic E-state index is -0.0168. The van der Waals surface area contributed by atoms with Gasteiger partial charge in [-0.1, -0.05) is 15.9 Å². The van der Waals surface area contributed by atoms with Gasteiger partial charge in [0.25, 0.3) is 5.56 Å². The number of nitrogens with zero attached hydrogens (tertiary/aromatic N) is 2. The first kappa shape index (κ1) is 12.8. The summed E-state index contributed by atoms with van der Waals surface area (Å²) in [6, 6.07) is 1.63. The fourth-order valence-electron chi connectivity index (χ4n) is 2.10. The fourth-order valence-corrected chi connectivity index (χ4v) is 2.84. The van der Waals surface area contributed by atoms with E-state index in [0.29, 0.717) is 6.54 Å². The molecular weight excluding hydrogens is 284 g/mol. The van der Waals surface area contributed by atoms with Crippen LogP contribution in [0.5, 0.6) is 0 Å². The molecule has 0 radical (unpaired) electrons. The topological polar surface area (TPSA) is 44.1 Å². The molecule has 5 heteroatoms. The summed E-state index contributed by atoms with van der Waals surface area (Å²) in [5.41, 5.74) is 0.993. The summed E-state index contributed by atoms with van der Waals surface area (Å²) >= 11 is 3.57. The predicted molar refractivity (Wildman–Crippen MR) is 69.5 cm³/mol. The Morgan fingerprint density at radius 3 is 2.82 bits per heavy atom. The highest BCUT2D eigenvalue weighted by Crippen LogP contribution is 2.33. The first-order valence-electron chi connectivity index (χ1n) is 5.83. The van der Waals surface area contributed by atoms with Gasteiger partial charge < -0.3 is 4.74 Å². The molecule has 2 heterocycles. The van der Waals surface area contributed by atoms with Gasteiger partial charge in [-0.25, -0.2) is 4.68 Å². The highest BCUT2D eigenvalue weighted by atomic mass is 79.9. The van der Waals surface area contributed by atoms with E-state index in [4.69, 9.17) is 4.74 Å². The Morgan fingerprint density at radius 2 is 2.24 bits per heavy atom. The van der Waals surface area contributed by atoms with Crippen molar-refractivity contribution >= 4 is 15.9 Å². The lowest BCUT2D eigenvalue weighted by molar-refractivity contribution is 0.0162. The van der Waals surface area contributed by atoms with Gasteiger partial charge in [0, 0.05) is 30.0 Å². The van der Waals surface area contributed by atoms with Crippen LogP contribution < -0.4 is 5.56 Å². The van der Waals surface area contributed by atoms with Crippen LogP contribution >= 0.6 is 15.9 Å². The van der Waals surface area contributed by atoms with Crippen molar-refractivity contribution in [2.75, 3.05) is 18.5 Å². The maximum Gasteiger partial charge on any atom is 0.267 e. The molecule has 1 aromatic heterocycles. The second-order valence-electron chi connectivity index (χ2n) is 4.77. The van der Waals surface area contributed by atoms with Gasteiger partial charge in [-0.3, -0.25) is 4.79 Å². The number of aryl methyl sites for hydroxylation is 1. The molecule has 94 valence electrons. The molecule has 17 heavy (non-hydrogen) atoms. The van der Waals surface area contributed by atoms with Crippen LogP contribution in [-0.2, 0) is 11.3 Å². The van der Waals surface area contributed by atoms with E-state index in [2.05, 4.69) is 21.0 Å². The van der Waals surface area contributed by atoms with Gasteiger partial charge in [-0.05, 0) is 25.3 Å². The van der Waals surface area contributed by atoms with Gasteiger partial charge in [-0.2, -0.15) is 5.10 Å². The Hall–Kier alpha value is -0.680. The Labute approximate surface area is 109 Å². The average Bonchev–Trinajstić information content (AvgIpc) is 2.34. The molecule has 0 saturated carbocycles. The maximum absolute atomic E-state index is 11.8. The highest BCUT2D eigenvalue weighted by Gasteiger charge is 2.32. The standard InChI is InChI=1S/C12H17BrN2O2/c1-10-6-11(16)15(14-7-10)9-12(8-13)2-4-17-5-3-12/h6-7H,2-5,8-9H2,1H3. The first-order valence-corrected chi connectivity index (χ1v) is 6.95. The van der Waals surface area contributed by atoms with Crippen LogP contribution in [0.25, 0.3) is 0 Å². The van der Waals surface area contributed by atoms with E-state index in [9.17, 15) is 4.79 Å². The lowest BCUT2D eigenvalue weighted by Crippen LogP contribution is -2.39. The molecule has 4 nitrogen and oxygen atoms in total. The molecule has 0 aromatic carbocycles. The Balaban J connectivity index is 2.20. The summed E-state index contributed by atoms with van der Waals surface area (Å²) in [6.45, 7) is 4.09. The summed E-state index contributed by atoms with van der Waals surface area (Å²) in [5.74, 6) is 0. The van der Waals surface area contributed by atoms with Gasteiger partial charge in [0.1, 0.15) is 0 Å². The van der Waals surface area contributed by atoms with Crippen molar-refractivity contribution in [2.24, 2.45) is 5.41 Å². The van der Waals surface area contributed by atoms with Crippen molar-refractivity contribution in [1.82, 2.24) is 9.78 Å². The zero-order chi connectivity index (χ0) is 12.3. The van der Waals surface area contributed by atoms with Crippen LogP contribution in [-0.4, -0.2) is 28.3 Å². The molecule has 0 amide bonds. The lowest BCUT2D eigenvalue weighted by atomic mass is 9.82. The van der Waals surface area contributed by atoms with Gasteiger partial charge >= 0.3 is 0 Å². The molecule has 1 aliphatic rings. The fraction of sp³-hybridized carbons (Fsp3) is 0.667. The maximum atomic E-state index is 11.8. The lowest BCUT2D eigenvalue weighted by Gasteiger charge is -2.35. The molecule has 1 aromatic rings. The largest absolute Gasteiger partial charge is 0.381 e. The van der Waals surface area contributed by atoms with Crippen LogP contribution in [0.3, 0.4) is 0 Å². The zero-order valence-corrected chi connectivity index (χ0v) is 11.6. The number of aromatic nitrogens is 2. The van der Waals surface area contributed by atoms with E-state index in [-0.39, 0.29) is 11.0 Å². The minimum Gasteiger partial charge on any atom is -0.381 e. The van der Waals surface area contributed by atoms with E-state index < -0.39 is 0 Å². The first-order chi connectivity index (χ1) is 8.15. The number of halogens is 1. The summed E-state index contributed by atoms with van der Waals surface area (Å²) in [5, 5.41) is 5.09. The number of ether oxygens (including phenoxy) is 1. The number of alkyl halides is 1. The van der Waals surface area contributed by atoms with Crippen LogP contribution in [0.15, 0.2) is 17.1 Å². The van der Waals surface area contributed by atoms with Crippen LogP contribution in [0, 0.1) is 12.3 Å². The van der Waals surface area contributed by atoms with Crippen molar-refractivity contribution in [2.45, 2.75) is 26.3 Å². The molecule has 1 saturated heterocycles. The third kappa shape index (κ3) is 2.96. The zero-order valence-electron chi connectivity index (χ0n) is 9.99. The molecule has 2 rings (SSSR count). The molecular formula is C12H17BrN2O2. The van der Waals surface area contributed by atoms with Crippen molar-refractivity contribution in [3.63, 3.8) is 0 Å². The van der Waals surface area contributed by atoms with Crippen molar-refractivity contribution in [1.29, 1.82) is 0 Å². The normalized spacial score (nSPS) is 19.2. The van der Waals surface area contributed by atoms with Gasteiger partial charge in [0.2, 0.25) is 0 Å². The predicted octanol–water partition coefficient (Wildman–Crippen LogP) is 1.74. The third-order valence-corrected chi connectivity index (χ3v) is 4.52. The van der Waals surface area contributed by atoms with E-state index in [1.54, 1.807) is 16.9 Å². The van der Waals surface area contributed by atoms with E-state index in [1.807, 2.05) is 6.92 Å². The highest BCUT2D eigenvalue weighted by molar-refractivity contribution is 9.09. The van der Waals surface area contributed by atoms with E-state index in [0.717, 1.165) is 36.9 Å². The molecule has 1 aliphatic heterocycles. The molecule has 1 fully saturated rings. The molecule has 0 unspecified atom stereocenters. The molecule has 0 spiro atoms. The summed E-state index contributed by atoms with van der Waals surface area (Å²) in [7, 11) is 0. The van der Waals surface area contributed by atoms with Gasteiger partial charge in [-0.15, -0.1) is 0 Å². The Morgan fingerprint density at radius 1 is 1.53 bits per heavy atom. The third-order valence-electron chi connectivity index (χ3n) is 3.33. The minimum absolute atomic E-state index is 0.0168. The Bertz CT molecular complexity index is 438. The number of hydrogen-bond acceptors (Lipinski definition) is 3. The van der Waals surface area contributed by atoms with Gasteiger partial charge in [0.05, 0.1) is 12.7 Å². The van der Waals surface area contributed by atoms with Crippen LogP contribution in [0.2, 0.25) is 0 Å². The number of rotatable bonds is 3. The quantitative estimate of drug-likeness (QED) is 0.799. The SMILES string of the molecule is Cc1cnn(CC2(CBr)CCOCC2)c(=O)c1. The van der Waals surface area contributed by atoms with Crippen molar-refractivity contribution < 1.29 is 4.74 Å². The van der Waals surface area contributed by atoms with Crippen molar-refractivity contribution in [3.8, 4) is 0 Å². The monoisotopic (exact) mass is 300 g/mol. The molecule has 0 aliphatic carbocycles. The average molecular weight is 301 g/mol. The van der Waals surface area contributed by atoms with E-state index >= 15 is 0 Å². The second kappa shape index (κ2) is 5.31. The van der Waals surface area contributed by atoms with Gasteiger partial charge in [0.15, 0.2) is 0 Å². The van der Waals surface area contributed by atoms with E-state index in [1.165, 1.54) is 0 Å². The van der Waals surface area contributed by atoms with Crippen molar-refractivity contribution in [3.05, 3.63) is 28.2 Å². The summed E-state index contributed by atoms with van der Waals surface area (Å²) in [4.78, 5) is 11.8. The summed E-state index contributed by atoms with van der Waals surface area (Å²) < 4.78 is 6.95. The van der Waals surface area contributed by atoms with Crippen LogP contribution in [0.1, 0.15) is 18.4 Å². The molecule has 0 N–H and O–H groups in total. The second-order valence-corrected chi connectivity index (χ2v) is 5.34. The Kier molecular flexibility index (Phi) is 3.99. The number of hydrogen-bond donors (Lipinski definition) is 0. The summed E-state index contributed by atoms with van der Waals surface area (Å²) in [6.07, 6.45) is 3.68. The molecule has 0 bridgehead atoms.